The summed E-state index contributed by atoms with van der Waals surface area (Å²) in [5.74, 6) is 0. The molecule has 0 saturated heterocycles. The van der Waals surface area contributed by atoms with Gasteiger partial charge >= 0.3 is 0 Å². The predicted molar refractivity (Wildman–Crippen MR) is 107 cm³/mol. The number of nitrogen functional groups attached to an aromatic ring is 2. The van der Waals surface area contributed by atoms with Crippen LogP contribution in [0.4, 0.5) is 11.4 Å². The zero-order chi connectivity index (χ0) is 17.7. The van der Waals surface area contributed by atoms with Crippen LogP contribution in [0.2, 0.25) is 0 Å². The Kier molecular flexibility index (Phi) is 5.08. The first-order valence-corrected chi connectivity index (χ1v) is 8.75. The van der Waals surface area contributed by atoms with Crippen LogP contribution in [0.3, 0.4) is 0 Å². The van der Waals surface area contributed by atoms with Gasteiger partial charge in [0.1, 0.15) is 0 Å². The van der Waals surface area contributed by atoms with Crippen LogP contribution in [0.1, 0.15) is 23.6 Å². The van der Waals surface area contributed by atoms with Crippen molar-refractivity contribution in [2.45, 2.75) is 26.2 Å². The average Bonchev–Trinajstić information content (AvgIpc) is 2.60. The van der Waals surface area contributed by atoms with E-state index in [1.807, 2.05) is 24.3 Å². The van der Waals surface area contributed by atoms with Crippen molar-refractivity contribution in [1.82, 2.24) is 0 Å². The highest BCUT2D eigenvalue weighted by Crippen LogP contribution is 2.32. The second-order valence-electron chi connectivity index (χ2n) is 7.31. The maximum Gasteiger partial charge on any atom is 0.0314 e. The van der Waals surface area contributed by atoms with Crippen LogP contribution >= 0.6 is 0 Å². The molecule has 0 saturated carbocycles. The van der Waals surface area contributed by atoms with Crippen molar-refractivity contribution >= 4 is 11.4 Å². The second-order valence-corrected chi connectivity index (χ2v) is 7.31. The van der Waals surface area contributed by atoms with E-state index in [1.54, 1.807) is 0 Å². The third-order valence-electron chi connectivity index (χ3n) is 4.69. The van der Waals surface area contributed by atoms with Gasteiger partial charge in [-0.25, -0.2) is 0 Å². The zero-order valence-electron chi connectivity index (χ0n) is 14.8. The third-order valence-corrected chi connectivity index (χ3v) is 4.69. The number of hydrogen-bond donors (Lipinski definition) is 2. The van der Waals surface area contributed by atoms with E-state index in [2.05, 4.69) is 61.5 Å². The molecule has 2 nitrogen and oxygen atoms in total. The van der Waals surface area contributed by atoms with Crippen molar-refractivity contribution in [1.29, 1.82) is 0 Å². The van der Waals surface area contributed by atoms with Crippen molar-refractivity contribution in [3.63, 3.8) is 0 Å². The van der Waals surface area contributed by atoms with Crippen LogP contribution in [0.25, 0.3) is 0 Å². The lowest BCUT2D eigenvalue weighted by molar-refractivity contribution is 0.316. The average molecular weight is 330 g/mol. The first kappa shape index (κ1) is 17.1. The topological polar surface area (TPSA) is 52.0 Å². The van der Waals surface area contributed by atoms with E-state index < -0.39 is 0 Å². The summed E-state index contributed by atoms with van der Waals surface area (Å²) in [5, 5.41) is 0. The molecular weight excluding hydrogens is 304 g/mol. The van der Waals surface area contributed by atoms with Crippen LogP contribution < -0.4 is 11.5 Å². The Labute approximate surface area is 150 Å². The van der Waals surface area contributed by atoms with E-state index in [-0.39, 0.29) is 5.41 Å². The monoisotopic (exact) mass is 330 g/mol. The molecule has 0 aliphatic carbocycles. The van der Waals surface area contributed by atoms with Gasteiger partial charge in [-0.1, -0.05) is 61.5 Å². The molecular formula is C23H26N2. The Morgan fingerprint density at radius 1 is 0.560 bits per heavy atom. The van der Waals surface area contributed by atoms with Crippen LogP contribution in [0.5, 0.6) is 0 Å². The van der Waals surface area contributed by atoms with Crippen LogP contribution in [0.15, 0.2) is 78.9 Å². The Morgan fingerprint density at radius 3 is 1.32 bits per heavy atom. The minimum absolute atomic E-state index is 0.119. The maximum absolute atomic E-state index is 5.84. The summed E-state index contributed by atoms with van der Waals surface area (Å²) in [5.41, 5.74) is 17.4. The molecule has 0 fully saturated rings. The van der Waals surface area contributed by atoms with Crippen molar-refractivity contribution in [2.75, 3.05) is 11.5 Å². The summed E-state index contributed by atoms with van der Waals surface area (Å²) in [4.78, 5) is 0. The Bertz CT molecular complexity index is 742. The van der Waals surface area contributed by atoms with Crippen molar-refractivity contribution in [3.8, 4) is 0 Å². The molecule has 0 unspecified atom stereocenters. The Balaban J connectivity index is 1.86. The first-order chi connectivity index (χ1) is 12.0. The lowest BCUT2D eigenvalue weighted by Crippen LogP contribution is -2.26. The van der Waals surface area contributed by atoms with Crippen molar-refractivity contribution < 1.29 is 0 Å². The standard InChI is InChI=1S/C23H26N2/c1-23(15-18-5-3-2-4-6-18,16-19-7-11-21(24)12-8-19)17-20-9-13-22(25)14-10-20/h2-14H,15-17,24-25H2,1H3. The highest BCUT2D eigenvalue weighted by molar-refractivity contribution is 5.41. The first-order valence-electron chi connectivity index (χ1n) is 8.75. The number of benzene rings is 3. The molecule has 3 rings (SSSR count). The van der Waals surface area contributed by atoms with E-state index in [4.69, 9.17) is 11.5 Å². The summed E-state index contributed by atoms with van der Waals surface area (Å²) in [6.07, 6.45) is 3.04. The molecule has 0 amide bonds. The van der Waals surface area contributed by atoms with Crippen LogP contribution in [-0.4, -0.2) is 0 Å². The number of nitrogens with two attached hydrogens (primary N) is 2. The van der Waals surface area contributed by atoms with Gasteiger partial charge in [-0.2, -0.15) is 0 Å². The minimum Gasteiger partial charge on any atom is -0.399 e. The Morgan fingerprint density at radius 2 is 0.920 bits per heavy atom. The lowest BCUT2D eigenvalue weighted by Gasteiger charge is -2.30. The van der Waals surface area contributed by atoms with Crippen molar-refractivity contribution in [2.24, 2.45) is 5.41 Å². The molecule has 0 heterocycles. The van der Waals surface area contributed by atoms with Gasteiger partial charge in [0.2, 0.25) is 0 Å². The highest BCUT2D eigenvalue weighted by Gasteiger charge is 2.26. The van der Waals surface area contributed by atoms with Gasteiger partial charge in [-0.3, -0.25) is 0 Å². The molecule has 0 bridgehead atoms. The minimum atomic E-state index is 0.119. The molecule has 0 aromatic heterocycles. The summed E-state index contributed by atoms with van der Waals surface area (Å²) in [6, 6.07) is 27.2. The fraction of sp³-hybridized carbons (Fsp3) is 0.217. The van der Waals surface area contributed by atoms with Gasteiger partial charge in [0.25, 0.3) is 0 Å². The summed E-state index contributed by atoms with van der Waals surface area (Å²) in [6.45, 7) is 2.37. The van der Waals surface area contributed by atoms with E-state index in [1.165, 1.54) is 16.7 Å². The molecule has 0 aliphatic heterocycles. The van der Waals surface area contributed by atoms with Gasteiger partial charge in [-0.05, 0) is 65.6 Å². The summed E-state index contributed by atoms with van der Waals surface area (Å²) >= 11 is 0. The van der Waals surface area contributed by atoms with Gasteiger partial charge in [-0.15, -0.1) is 0 Å². The van der Waals surface area contributed by atoms with Gasteiger partial charge in [0.15, 0.2) is 0 Å². The molecule has 4 N–H and O–H groups in total. The van der Waals surface area contributed by atoms with Gasteiger partial charge < -0.3 is 11.5 Å². The molecule has 2 heteroatoms. The molecule has 3 aromatic rings. The summed E-state index contributed by atoms with van der Waals surface area (Å²) < 4.78 is 0. The molecule has 128 valence electrons. The van der Waals surface area contributed by atoms with Crippen molar-refractivity contribution in [3.05, 3.63) is 95.6 Å². The molecule has 3 aromatic carbocycles. The Hall–Kier alpha value is -2.74. The zero-order valence-corrected chi connectivity index (χ0v) is 14.8. The number of anilines is 2. The molecule has 0 radical (unpaired) electrons. The number of rotatable bonds is 6. The molecule has 25 heavy (non-hydrogen) atoms. The molecule has 0 atom stereocenters. The molecule has 0 aliphatic rings. The van der Waals surface area contributed by atoms with Gasteiger partial charge in [0.05, 0.1) is 0 Å². The quantitative estimate of drug-likeness (QED) is 0.633. The number of hydrogen-bond acceptors (Lipinski definition) is 2. The van der Waals surface area contributed by atoms with Crippen LogP contribution in [-0.2, 0) is 19.3 Å². The molecule has 0 spiro atoms. The smallest absolute Gasteiger partial charge is 0.0314 e. The fourth-order valence-electron chi connectivity index (χ4n) is 3.53. The largest absolute Gasteiger partial charge is 0.399 e. The maximum atomic E-state index is 5.84. The highest BCUT2D eigenvalue weighted by atomic mass is 14.5. The summed E-state index contributed by atoms with van der Waals surface area (Å²) in [7, 11) is 0. The third kappa shape index (κ3) is 4.87. The van der Waals surface area contributed by atoms with Gasteiger partial charge in [0, 0.05) is 11.4 Å². The predicted octanol–water partition coefficient (Wildman–Crippen LogP) is 4.89. The normalized spacial score (nSPS) is 11.4. The van der Waals surface area contributed by atoms with E-state index in [0.29, 0.717) is 0 Å². The lowest BCUT2D eigenvalue weighted by atomic mass is 9.74. The van der Waals surface area contributed by atoms with Crippen LogP contribution in [0, 0.1) is 5.41 Å². The SMILES string of the molecule is CC(Cc1ccccc1)(Cc1ccc(N)cc1)Cc1ccc(N)cc1. The van der Waals surface area contributed by atoms with E-state index in [0.717, 1.165) is 30.6 Å². The fourth-order valence-corrected chi connectivity index (χ4v) is 3.53. The second kappa shape index (κ2) is 7.43. The van der Waals surface area contributed by atoms with E-state index >= 15 is 0 Å². The van der Waals surface area contributed by atoms with E-state index in [9.17, 15) is 0 Å².